The summed E-state index contributed by atoms with van der Waals surface area (Å²) in [5, 5.41) is 14.9. The van der Waals surface area contributed by atoms with Gasteiger partial charge < -0.3 is 20.5 Å². The van der Waals surface area contributed by atoms with Crippen LogP contribution in [0.2, 0.25) is 0 Å². The Bertz CT molecular complexity index is 334. The highest BCUT2D eigenvalue weighted by molar-refractivity contribution is 5.80. The van der Waals surface area contributed by atoms with E-state index in [4.69, 9.17) is 9.84 Å². The number of carboxylic acid groups (broad SMARTS) is 1. The van der Waals surface area contributed by atoms with E-state index in [1.807, 2.05) is 0 Å². The second-order valence-electron chi connectivity index (χ2n) is 5.09. The van der Waals surface area contributed by atoms with E-state index in [9.17, 15) is 9.59 Å². The minimum Gasteiger partial charge on any atom is -0.481 e. The fraction of sp³-hybridized carbons (Fsp3) is 0.833. The van der Waals surface area contributed by atoms with Gasteiger partial charge in [0, 0.05) is 25.7 Å². The van der Waals surface area contributed by atoms with Crippen molar-refractivity contribution in [3.63, 3.8) is 0 Å². The van der Waals surface area contributed by atoms with Crippen molar-refractivity contribution >= 4 is 11.9 Å². The molecule has 0 saturated carbocycles. The summed E-state index contributed by atoms with van der Waals surface area (Å²) >= 11 is 0. The standard InChI is InChI=1S/C12H20N2O4/c1-18-8(5-11(15)16)6-13-12(17)9-4-7-2-3-10(9)14-7/h7-10,14H,2-6H2,1H3,(H,13,17)(H,15,16). The summed E-state index contributed by atoms with van der Waals surface area (Å²) in [6.07, 6.45) is 2.57. The van der Waals surface area contributed by atoms with Crippen molar-refractivity contribution in [2.45, 2.75) is 43.9 Å². The number of carbonyl (C=O) groups excluding carboxylic acids is 1. The fourth-order valence-electron chi connectivity index (χ4n) is 2.89. The molecule has 0 aliphatic carbocycles. The van der Waals surface area contributed by atoms with Gasteiger partial charge in [0.05, 0.1) is 18.4 Å². The van der Waals surface area contributed by atoms with Crippen molar-refractivity contribution in [2.75, 3.05) is 13.7 Å². The number of fused-ring (bicyclic) bond motifs is 2. The third-order valence-electron chi connectivity index (χ3n) is 3.88. The molecule has 0 aromatic heterocycles. The number of amides is 1. The lowest BCUT2D eigenvalue weighted by molar-refractivity contribution is -0.140. The van der Waals surface area contributed by atoms with Crippen molar-refractivity contribution in [3.8, 4) is 0 Å². The third kappa shape index (κ3) is 3.00. The fourth-order valence-corrected chi connectivity index (χ4v) is 2.89. The Morgan fingerprint density at radius 1 is 1.50 bits per heavy atom. The van der Waals surface area contributed by atoms with Gasteiger partial charge >= 0.3 is 5.97 Å². The summed E-state index contributed by atoms with van der Waals surface area (Å²) in [7, 11) is 1.46. The Balaban J connectivity index is 1.75. The van der Waals surface area contributed by atoms with Crippen molar-refractivity contribution in [1.82, 2.24) is 10.6 Å². The lowest BCUT2D eigenvalue weighted by Gasteiger charge is -2.21. The molecular formula is C12H20N2O4. The number of hydrogen-bond acceptors (Lipinski definition) is 4. The minimum atomic E-state index is -0.919. The van der Waals surface area contributed by atoms with E-state index in [0.29, 0.717) is 12.1 Å². The molecule has 2 bridgehead atoms. The molecule has 6 heteroatoms. The van der Waals surface area contributed by atoms with E-state index < -0.39 is 12.1 Å². The van der Waals surface area contributed by atoms with Gasteiger partial charge in [-0.15, -0.1) is 0 Å². The summed E-state index contributed by atoms with van der Waals surface area (Å²) in [4.78, 5) is 22.6. The molecule has 102 valence electrons. The van der Waals surface area contributed by atoms with Gasteiger partial charge in [0.1, 0.15) is 0 Å². The largest absolute Gasteiger partial charge is 0.481 e. The number of aliphatic carboxylic acids is 1. The topological polar surface area (TPSA) is 87.7 Å². The smallest absolute Gasteiger partial charge is 0.306 e. The lowest BCUT2D eigenvalue weighted by atomic mass is 9.88. The normalized spacial score (nSPS) is 31.3. The maximum atomic E-state index is 12.0. The third-order valence-corrected chi connectivity index (χ3v) is 3.88. The highest BCUT2D eigenvalue weighted by Crippen LogP contribution is 2.33. The second-order valence-corrected chi connectivity index (χ2v) is 5.09. The monoisotopic (exact) mass is 256 g/mol. The molecule has 0 radical (unpaired) electrons. The highest BCUT2D eigenvalue weighted by Gasteiger charge is 2.42. The lowest BCUT2D eigenvalue weighted by Crippen LogP contribution is -2.41. The number of nitrogens with one attached hydrogen (secondary N) is 2. The SMILES string of the molecule is COC(CNC(=O)C1CC2CCC1N2)CC(=O)O. The summed E-state index contributed by atoms with van der Waals surface area (Å²) < 4.78 is 5.02. The number of carbonyl (C=O) groups is 2. The molecular weight excluding hydrogens is 236 g/mol. The van der Waals surface area contributed by atoms with Gasteiger partial charge in [0.2, 0.25) is 5.91 Å². The zero-order chi connectivity index (χ0) is 13.1. The molecule has 2 fully saturated rings. The average molecular weight is 256 g/mol. The predicted molar refractivity (Wildman–Crippen MR) is 64.1 cm³/mol. The molecule has 0 aromatic rings. The van der Waals surface area contributed by atoms with E-state index in [-0.39, 0.29) is 24.8 Å². The van der Waals surface area contributed by atoms with Crippen LogP contribution in [-0.2, 0) is 14.3 Å². The molecule has 4 atom stereocenters. The summed E-state index contributed by atoms with van der Waals surface area (Å²) in [5.74, 6) is -0.870. The van der Waals surface area contributed by atoms with Gasteiger partial charge in [-0.2, -0.15) is 0 Å². The van der Waals surface area contributed by atoms with Crippen LogP contribution in [-0.4, -0.2) is 48.8 Å². The van der Waals surface area contributed by atoms with Gasteiger partial charge in [-0.1, -0.05) is 0 Å². The Morgan fingerprint density at radius 3 is 2.78 bits per heavy atom. The van der Waals surface area contributed by atoms with Crippen molar-refractivity contribution in [3.05, 3.63) is 0 Å². The van der Waals surface area contributed by atoms with Gasteiger partial charge in [0.15, 0.2) is 0 Å². The number of rotatable bonds is 6. The Labute approximate surface area is 106 Å². The van der Waals surface area contributed by atoms with Gasteiger partial charge in [-0.25, -0.2) is 0 Å². The molecule has 1 amide bonds. The molecule has 2 aliphatic rings. The Morgan fingerprint density at radius 2 is 2.28 bits per heavy atom. The van der Waals surface area contributed by atoms with Crippen LogP contribution in [0.15, 0.2) is 0 Å². The number of carboxylic acids is 1. The Kier molecular flexibility index (Phi) is 4.19. The van der Waals surface area contributed by atoms with Gasteiger partial charge in [-0.05, 0) is 19.3 Å². The predicted octanol–water partition coefficient (Wildman–Crippen LogP) is -0.267. The quantitative estimate of drug-likeness (QED) is 0.609. The first-order valence-electron chi connectivity index (χ1n) is 6.38. The summed E-state index contributed by atoms with van der Waals surface area (Å²) in [5.41, 5.74) is 0. The molecule has 6 nitrogen and oxygen atoms in total. The number of methoxy groups -OCH3 is 1. The van der Waals surface area contributed by atoms with Gasteiger partial charge in [-0.3, -0.25) is 9.59 Å². The van der Waals surface area contributed by atoms with Crippen molar-refractivity contribution in [1.29, 1.82) is 0 Å². The number of hydrogen-bond donors (Lipinski definition) is 3. The molecule has 0 spiro atoms. The summed E-state index contributed by atoms with van der Waals surface area (Å²) in [6.45, 7) is 0.259. The van der Waals surface area contributed by atoms with Crippen LogP contribution in [0.3, 0.4) is 0 Å². The average Bonchev–Trinajstić information content (AvgIpc) is 2.95. The molecule has 2 heterocycles. The van der Waals surface area contributed by atoms with Crippen LogP contribution in [0.25, 0.3) is 0 Å². The maximum absolute atomic E-state index is 12.0. The van der Waals surface area contributed by atoms with E-state index in [0.717, 1.165) is 19.3 Å². The van der Waals surface area contributed by atoms with Crippen molar-refractivity contribution < 1.29 is 19.4 Å². The first-order valence-corrected chi connectivity index (χ1v) is 6.38. The van der Waals surface area contributed by atoms with Crippen LogP contribution in [0.5, 0.6) is 0 Å². The molecule has 18 heavy (non-hydrogen) atoms. The second kappa shape index (κ2) is 5.67. The molecule has 3 N–H and O–H groups in total. The first kappa shape index (κ1) is 13.3. The van der Waals surface area contributed by atoms with Gasteiger partial charge in [0.25, 0.3) is 0 Å². The van der Waals surface area contributed by atoms with E-state index in [1.54, 1.807) is 0 Å². The maximum Gasteiger partial charge on any atom is 0.306 e. The minimum absolute atomic E-state index is 0.0159. The molecule has 2 rings (SSSR count). The Hall–Kier alpha value is -1.14. The zero-order valence-corrected chi connectivity index (χ0v) is 10.5. The summed E-state index contributed by atoms with van der Waals surface area (Å²) in [6, 6.07) is 0.790. The first-order chi connectivity index (χ1) is 8.60. The van der Waals surface area contributed by atoms with Crippen LogP contribution in [0, 0.1) is 5.92 Å². The van der Waals surface area contributed by atoms with Crippen molar-refractivity contribution in [2.24, 2.45) is 5.92 Å². The van der Waals surface area contributed by atoms with E-state index >= 15 is 0 Å². The zero-order valence-electron chi connectivity index (χ0n) is 10.5. The van der Waals surface area contributed by atoms with Crippen LogP contribution >= 0.6 is 0 Å². The van der Waals surface area contributed by atoms with E-state index in [1.165, 1.54) is 7.11 Å². The van der Waals surface area contributed by atoms with E-state index in [2.05, 4.69) is 10.6 Å². The molecule has 0 aromatic carbocycles. The van der Waals surface area contributed by atoms with Crippen LogP contribution in [0.1, 0.15) is 25.7 Å². The molecule has 2 aliphatic heterocycles. The highest BCUT2D eigenvalue weighted by atomic mass is 16.5. The number of ether oxygens (including phenoxy) is 1. The van der Waals surface area contributed by atoms with Crippen LogP contribution < -0.4 is 10.6 Å². The van der Waals surface area contributed by atoms with Crippen LogP contribution in [0.4, 0.5) is 0 Å². The molecule has 4 unspecified atom stereocenters. The molecule has 2 saturated heterocycles.